The number of carboxylic acid groups (broad SMARTS) is 1. The van der Waals surface area contributed by atoms with Gasteiger partial charge < -0.3 is 35.3 Å². The van der Waals surface area contributed by atoms with E-state index in [9.17, 15) is 33.9 Å². The first-order valence-corrected chi connectivity index (χ1v) is 9.49. The largest absolute Gasteiger partial charge is 0.478 e. The summed E-state index contributed by atoms with van der Waals surface area (Å²) in [5, 5.41) is 16.0. The Kier molecular flexibility index (Phi) is 6.47. The van der Waals surface area contributed by atoms with Crippen molar-refractivity contribution in [2.45, 2.75) is 0 Å². The molecule has 1 aliphatic rings. The van der Waals surface area contributed by atoms with E-state index in [1.54, 1.807) is 0 Å². The maximum absolute atomic E-state index is 13.5. The van der Waals surface area contributed by atoms with Gasteiger partial charge in [-0.15, -0.1) is 0 Å². The molecule has 0 unspecified atom stereocenters. The summed E-state index contributed by atoms with van der Waals surface area (Å²) < 4.78 is 15.2. The van der Waals surface area contributed by atoms with Crippen LogP contribution in [0.25, 0.3) is 0 Å². The highest BCUT2D eigenvalue weighted by Gasteiger charge is 2.39. The monoisotopic (exact) mass is 471 g/mol. The maximum Gasteiger partial charge on any atom is 0.412 e. The van der Waals surface area contributed by atoms with E-state index in [1.165, 1.54) is 21.1 Å². The topological polar surface area (TPSA) is 186 Å². The Hall–Kier alpha value is -4.94. The molecule has 0 aromatic heterocycles. The van der Waals surface area contributed by atoms with Gasteiger partial charge >= 0.3 is 24.2 Å². The Labute approximate surface area is 191 Å². The van der Waals surface area contributed by atoms with Gasteiger partial charge in [-0.3, -0.25) is 9.59 Å². The molecule has 2 aromatic carbocycles. The van der Waals surface area contributed by atoms with Gasteiger partial charge in [0.2, 0.25) is 5.78 Å². The second-order valence-electron chi connectivity index (χ2n) is 6.59. The molecule has 1 aliphatic carbocycles. The number of benzene rings is 2. The van der Waals surface area contributed by atoms with Crippen molar-refractivity contribution < 1.29 is 48.1 Å². The molecule has 0 radical (unpaired) electrons. The van der Waals surface area contributed by atoms with Crippen molar-refractivity contribution >= 4 is 35.8 Å². The van der Waals surface area contributed by atoms with Crippen LogP contribution < -0.4 is 30.2 Å². The van der Waals surface area contributed by atoms with Crippen LogP contribution in [0.2, 0.25) is 0 Å². The van der Waals surface area contributed by atoms with E-state index < -0.39 is 69.4 Å². The van der Waals surface area contributed by atoms with Gasteiger partial charge in [0.05, 0.1) is 22.3 Å². The van der Waals surface area contributed by atoms with Gasteiger partial charge in [-0.2, -0.15) is 0 Å². The number of nitrogens with one attached hydrogen (secondary N) is 3. The fraction of sp³-hybridized carbons (Fsp3) is 0.143. The lowest BCUT2D eigenvalue weighted by molar-refractivity contribution is 0.0695. The Balaban J connectivity index is 2.33. The van der Waals surface area contributed by atoms with Crippen molar-refractivity contribution in [3.63, 3.8) is 0 Å². The zero-order valence-corrected chi connectivity index (χ0v) is 17.9. The number of ether oxygens (including phenoxy) is 3. The predicted octanol–water partition coefficient (Wildman–Crippen LogP) is 1.31. The number of hydrogen-bond donors (Lipinski definition) is 4. The van der Waals surface area contributed by atoms with Gasteiger partial charge in [-0.05, 0) is 24.3 Å². The van der Waals surface area contributed by atoms with E-state index in [2.05, 4.69) is 16.0 Å². The summed E-state index contributed by atoms with van der Waals surface area (Å²) in [6, 6.07) is 4.09. The van der Waals surface area contributed by atoms with Crippen molar-refractivity contribution in [3.8, 4) is 17.2 Å². The number of fused-ring (bicyclic) bond motifs is 2. The first-order valence-electron chi connectivity index (χ1n) is 9.49. The molecule has 13 heteroatoms. The average Bonchev–Trinajstić information content (AvgIpc) is 2.82. The molecule has 3 rings (SSSR count). The molecule has 0 saturated carbocycles. The van der Waals surface area contributed by atoms with Crippen LogP contribution in [-0.4, -0.2) is 62.1 Å². The molecular weight excluding hydrogens is 454 g/mol. The van der Waals surface area contributed by atoms with E-state index in [0.717, 1.165) is 24.3 Å². The van der Waals surface area contributed by atoms with Crippen LogP contribution in [-0.2, 0) is 0 Å². The van der Waals surface area contributed by atoms with Gasteiger partial charge in [0.25, 0.3) is 0 Å². The summed E-state index contributed by atoms with van der Waals surface area (Å²) in [4.78, 5) is 74.0. The highest BCUT2D eigenvalue weighted by Crippen LogP contribution is 2.42. The Morgan fingerprint density at radius 1 is 0.676 bits per heavy atom. The first-order chi connectivity index (χ1) is 16.1. The normalized spacial score (nSPS) is 11.5. The molecular formula is C21H17N3O10. The number of carboxylic acids is 1. The Morgan fingerprint density at radius 3 is 1.56 bits per heavy atom. The van der Waals surface area contributed by atoms with E-state index in [4.69, 9.17) is 14.2 Å². The van der Waals surface area contributed by atoms with Crippen molar-refractivity contribution in [2.75, 3.05) is 21.1 Å². The van der Waals surface area contributed by atoms with Crippen LogP contribution >= 0.6 is 0 Å². The molecule has 0 spiro atoms. The van der Waals surface area contributed by atoms with Crippen LogP contribution in [0.1, 0.15) is 42.2 Å². The molecule has 2 aromatic rings. The number of aromatic carboxylic acids is 1. The Bertz CT molecular complexity index is 1270. The Morgan fingerprint density at radius 2 is 1.12 bits per heavy atom. The van der Waals surface area contributed by atoms with Crippen molar-refractivity contribution in [1.82, 2.24) is 16.0 Å². The van der Waals surface area contributed by atoms with Crippen molar-refractivity contribution in [2.24, 2.45) is 0 Å². The predicted molar refractivity (Wildman–Crippen MR) is 112 cm³/mol. The zero-order valence-electron chi connectivity index (χ0n) is 17.9. The molecule has 13 nitrogen and oxygen atoms in total. The van der Waals surface area contributed by atoms with E-state index in [1.807, 2.05) is 0 Å². The molecule has 0 atom stereocenters. The SMILES string of the molecule is CNC(=O)Oc1cc(C(=O)O)cc2c1C(=O)c1c(OC(=O)NC)ccc(OC(=O)NC)c1C2=O. The molecule has 3 amide bonds. The zero-order chi connectivity index (χ0) is 25.2. The number of ketones is 2. The third-order valence-corrected chi connectivity index (χ3v) is 4.62. The summed E-state index contributed by atoms with van der Waals surface area (Å²) in [7, 11) is 3.76. The van der Waals surface area contributed by atoms with Gasteiger partial charge in [0.15, 0.2) is 5.78 Å². The van der Waals surface area contributed by atoms with Gasteiger partial charge in [-0.25, -0.2) is 19.2 Å². The third-order valence-electron chi connectivity index (χ3n) is 4.62. The van der Waals surface area contributed by atoms with E-state index in [0.29, 0.717) is 0 Å². The number of carbonyl (C=O) groups is 6. The summed E-state index contributed by atoms with van der Waals surface area (Å²) in [5.41, 5.74) is -2.21. The summed E-state index contributed by atoms with van der Waals surface area (Å²) >= 11 is 0. The highest BCUT2D eigenvalue weighted by molar-refractivity contribution is 6.31. The summed E-state index contributed by atoms with van der Waals surface area (Å²) in [6.07, 6.45) is -2.96. The van der Waals surface area contributed by atoms with Crippen LogP contribution in [0.15, 0.2) is 24.3 Å². The van der Waals surface area contributed by atoms with Crippen LogP contribution in [0.5, 0.6) is 17.2 Å². The number of hydrogen-bond acceptors (Lipinski definition) is 9. The molecule has 0 saturated heterocycles. The second kappa shape index (κ2) is 9.28. The lowest BCUT2D eigenvalue weighted by Crippen LogP contribution is -2.30. The molecule has 34 heavy (non-hydrogen) atoms. The molecule has 0 fully saturated rings. The molecule has 4 N–H and O–H groups in total. The highest BCUT2D eigenvalue weighted by atomic mass is 16.6. The third kappa shape index (κ3) is 4.21. The van der Waals surface area contributed by atoms with Crippen molar-refractivity contribution in [1.29, 1.82) is 0 Å². The second-order valence-corrected chi connectivity index (χ2v) is 6.59. The van der Waals surface area contributed by atoms with Gasteiger partial charge in [0, 0.05) is 26.7 Å². The van der Waals surface area contributed by atoms with Crippen LogP contribution in [0, 0.1) is 0 Å². The fourth-order valence-electron chi connectivity index (χ4n) is 3.13. The molecule has 176 valence electrons. The molecule has 0 aliphatic heterocycles. The average molecular weight is 471 g/mol. The fourth-order valence-corrected chi connectivity index (χ4v) is 3.13. The number of carbonyl (C=O) groups excluding carboxylic acids is 5. The van der Waals surface area contributed by atoms with Crippen molar-refractivity contribution in [3.05, 3.63) is 52.1 Å². The lowest BCUT2D eigenvalue weighted by Gasteiger charge is -2.23. The summed E-state index contributed by atoms with van der Waals surface area (Å²) in [5.74, 6) is -4.55. The van der Waals surface area contributed by atoms with Gasteiger partial charge in [0.1, 0.15) is 17.2 Å². The minimum absolute atomic E-state index is 0.350. The van der Waals surface area contributed by atoms with Gasteiger partial charge in [-0.1, -0.05) is 0 Å². The number of rotatable bonds is 4. The molecule has 0 heterocycles. The standard InChI is InChI=1S/C21H17N3O10/c1-22-19(29)32-10-4-5-11(33-20(30)23-2)15-14(10)16(25)9-6-8(18(27)28)7-12(13(9)17(15)26)34-21(31)24-3/h4-7H,1-3H3,(H,22,29)(H,23,30)(H,24,31)(H,27,28). The number of amides is 3. The maximum atomic E-state index is 13.5. The smallest absolute Gasteiger partial charge is 0.412 e. The minimum atomic E-state index is -1.46. The van der Waals surface area contributed by atoms with E-state index in [-0.39, 0.29) is 11.5 Å². The van der Waals surface area contributed by atoms with E-state index >= 15 is 0 Å². The summed E-state index contributed by atoms with van der Waals surface area (Å²) in [6.45, 7) is 0. The van der Waals surface area contributed by atoms with Crippen LogP contribution in [0.3, 0.4) is 0 Å². The van der Waals surface area contributed by atoms with Crippen LogP contribution in [0.4, 0.5) is 14.4 Å². The first kappa shape index (κ1) is 23.7. The lowest BCUT2D eigenvalue weighted by atomic mass is 9.81. The molecule has 0 bridgehead atoms. The quantitative estimate of drug-likeness (QED) is 0.432. The minimum Gasteiger partial charge on any atom is -0.478 e.